The van der Waals surface area contributed by atoms with E-state index >= 15 is 0 Å². The number of imidazole rings is 1. The molecule has 0 atom stereocenters. The van der Waals surface area contributed by atoms with Crippen molar-refractivity contribution in [1.29, 1.82) is 0 Å². The second-order valence-corrected chi connectivity index (χ2v) is 4.46. The van der Waals surface area contributed by atoms with Gasteiger partial charge in [0.05, 0.1) is 17.4 Å². The Hall–Kier alpha value is -2.49. The number of hydrogen-bond acceptors (Lipinski definition) is 3. The molecule has 3 rings (SSSR count). The van der Waals surface area contributed by atoms with Crippen molar-refractivity contribution < 1.29 is 0 Å². The van der Waals surface area contributed by atoms with E-state index in [0.717, 1.165) is 28.1 Å². The van der Waals surface area contributed by atoms with Gasteiger partial charge in [0.15, 0.2) is 0 Å². The van der Waals surface area contributed by atoms with Gasteiger partial charge in [0, 0.05) is 31.2 Å². The molecule has 0 spiro atoms. The number of nitrogens with zero attached hydrogens (tertiary/aromatic N) is 2. The number of aromatic amines is 1. The molecular formula is C15H16N4. The average molecular weight is 252 g/mol. The molecule has 0 fully saturated rings. The highest BCUT2D eigenvalue weighted by Crippen LogP contribution is 2.26. The fraction of sp³-hybridized carbons (Fsp3) is 0.133. The molecule has 0 radical (unpaired) electrons. The lowest BCUT2D eigenvalue weighted by Gasteiger charge is -2.19. The van der Waals surface area contributed by atoms with Crippen molar-refractivity contribution in [3.63, 3.8) is 0 Å². The predicted octanol–water partition coefficient (Wildman–Crippen LogP) is 3.37. The van der Waals surface area contributed by atoms with Crippen molar-refractivity contribution in [2.24, 2.45) is 0 Å². The monoisotopic (exact) mass is 252 g/mol. The van der Waals surface area contributed by atoms with Crippen molar-refractivity contribution in [2.75, 3.05) is 24.3 Å². The molecule has 96 valence electrons. The summed E-state index contributed by atoms with van der Waals surface area (Å²) in [6.07, 6.45) is 1.72. The van der Waals surface area contributed by atoms with Gasteiger partial charge in [-0.15, -0.1) is 0 Å². The molecule has 0 aliphatic heterocycles. The van der Waals surface area contributed by atoms with Gasteiger partial charge in [0.25, 0.3) is 0 Å². The largest absolute Gasteiger partial charge is 0.388 e. The summed E-state index contributed by atoms with van der Waals surface area (Å²) in [4.78, 5) is 9.52. The Morgan fingerprint density at radius 2 is 1.79 bits per heavy atom. The molecule has 1 heterocycles. The Balaban J connectivity index is 1.94. The van der Waals surface area contributed by atoms with Crippen LogP contribution >= 0.6 is 0 Å². The summed E-state index contributed by atoms with van der Waals surface area (Å²) in [6, 6.07) is 14.6. The Morgan fingerprint density at radius 1 is 1.05 bits per heavy atom. The van der Waals surface area contributed by atoms with Gasteiger partial charge in [0.1, 0.15) is 0 Å². The first-order valence-electron chi connectivity index (χ1n) is 6.22. The van der Waals surface area contributed by atoms with Crippen LogP contribution in [0.2, 0.25) is 0 Å². The quantitative estimate of drug-likeness (QED) is 0.751. The highest BCUT2D eigenvalue weighted by atomic mass is 15.1. The van der Waals surface area contributed by atoms with Gasteiger partial charge >= 0.3 is 0 Å². The first kappa shape index (κ1) is 11.6. The molecule has 4 heteroatoms. The highest BCUT2D eigenvalue weighted by molar-refractivity contribution is 5.80. The minimum atomic E-state index is 0.989. The average Bonchev–Trinajstić information content (AvgIpc) is 2.94. The summed E-state index contributed by atoms with van der Waals surface area (Å²) in [7, 11) is 3.98. The maximum absolute atomic E-state index is 4.23. The molecule has 1 aromatic heterocycles. The molecule has 19 heavy (non-hydrogen) atoms. The fourth-order valence-electron chi connectivity index (χ4n) is 2.13. The molecule has 0 bridgehead atoms. The zero-order valence-electron chi connectivity index (χ0n) is 11.0. The number of rotatable bonds is 3. The summed E-state index contributed by atoms with van der Waals surface area (Å²) >= 11 is 0. The number of anilines is 3. The van der Waals surface area contributed by atoms with Gasteiger partial charge < -0.3 is 15.2 Å². The highest BCUT2D eigenvalue weighted by Gasteiger charge is 2.05. The molecule has 0 aliphatic carbocycles. The molecule has 0 amide bonds. The van der Waals surface area contributed by atoms with Crippen LogP contribution in [0.15, 0.2) is 48.8 Å². The number of benzene rings is 2. The maximum atomic E-state index is 4.23. The van der Waals surface area contributed by atoms with Crippen LogP contribution in [0.5, 0.6) is 0 Å². The normalized spacial score (nSPS) is 10.6. The number of hydrogen-bond donors (Lipinski definition) is 2. The van der Waals surface area contributed by atoms with Crippen molar-refractivity contribution in [2.45, 2.75) is 0 Å². The van der Waals surface area contributed by atoms with E-state index < -0.39 is 0 Å². The molecule has 0 saturated heterocycles. The molecule has 3 aromatic rings. The Morgan fingerprint density at radius 3 is 2.53 bits per heavy atom. The fourth-order valence-corrected chi connectivity index (χ4v) is 2.13. The third-order valence-corrected chi connectivity index (χ3v) is 3.33. The summed E-state index contributed by atoms with van der Waals surface area (Å²) < 4.78 is 0. The van der Waals surface area contributed by atoms with Gasteiger partial charge in [0.2, 0.25) is 0 Å². The van der Waals surface area contributed by atoms with Crippen LogP contribution in [-0.2, 0) is 0 Å². The number of nitrogens with one attached hydrogen (secondary N) is 2. The van der Waals surface area contributed by atoms with Crippen LogP contribution in [-0.4, -0.2) is 24.1 Å². The summed E-state index contributed by atoms with van der Waals surface area (Å²) in [6.45, 7) is 0. The van der Waals surface area contributed by atoms with E-state index in [1.807, 2.05) is 13.1 Å². The number of aromatic nitrogens is 2. The lowest BCUT2D eigenvalue weighted by molar-refractivity contribution is 1.21. The van der Waals surface area contributed by atoms with E-state index in [1.165, 1.54) is 0 Å². The van der Waals surface area contributed by atoms with E-state index in [0.29, 0.717) is 0 Å². The molecule has 2 N–H and O–H groups in total. The van der Waals surface area contributed by atoms with Gasteiger partial charge in [-0.1, -0.05) is 0 Å². The van der Waals surface area contributed by atoms with Crippen LogP contribution in [0.4, 0.5) is 17.1 Å². The first-order valence-corrected chi connectivity index (χ1v) is 6.22. The number of fused-ring (bicyclic) bond motifs is 1. The summed E-state index contributed by atoms with van der Waals surface area (Å²) in [5.41, 5.74) is 5.44. The molecule has 4 nitrogen and oxygen atoms in total. The summed E-state index contributed by atoms with van der Waals surface area (Å²) in [5.74, 6) is 0. The maximum Gasteiger partial charge on any atom is 0.0931 e. The van der Waals surface area contributed by atoms with E-state index in [2.05, 4.69) is 63.6 Å². The molecule has 2 aromatic carbocycles. The van der Waals surface area contributed by atoms with E-state index in [-0.39, 0.29) is 0 Å². The molecule has 0 aliphatic rings. The predicted molar refractivity (Wildman–Crippen MR) is 80.1 cm³/mol. The van der Waals surface area contributed by atoms with Crippen LogP contribution in [0.1, 0.15) is 0 Å². The van der Waals surface area contributed by atoms with Gasteiger partial charge in [-0.25, -0.2) is 4.98 Å². The third kappa shape index (κ3) is 2.12. The van der Waals surface area contributed by atoms with Crippen molar-refractivity contribution in [3.05, 3.63) is 48.8 Å². The molecular weight excluding hydrogens is 236 g/mol. The zero-order chi connectivity index (χ0) is 13.2. The zero-order valence-corrected chi connectivity index (χ0v) is 11.0. The topological polar surface area (TPSA) is 44.0 Å². The summed E-state index contributed by atoms with van der Waals surface area (Å²) in [5, 5.41) is 3.12. The number of H-pyrrole nitrogens is 1. The van der Waals surface area contributed by atoms with Crippen LogP contribution in [0.25, 0.3) is 11.0 Å². The Labute approximate surface area is 112 Å². The standard InChI is InChI=1S/C15H16N4/c1-16-11-3-5-12(6-4-11)19(2)13-7-8-14-15(9-13)18-10-17-14/h3-10,16H,1-2H3,(H,17,18). The minimum Gasteiger partial charge on any atom is -0.388 e. The smallest absolute Gasteiger partial charge is 0.0931 e. The lowest BCUT2D eigenvalue weighted by atomic mass is 10.2. The molecule has 0 saturated carbocycles. The van der Waals surface area contributed by atoms with Crippen LogP contribution < -0.4 is 10.2 Å². The van der Waals surface area contributed by atoms with Crippen molar-refractivity contribution >= 4 is 28.1 Å². The van der Waals surface area contributed by atoms with E-state index in [1.54, 1.807) is 6.33 Å². The second-order valence-electron chi connectivity index (χ2n) is 4.46. The minimum absolute atomic E-state index is 0.989. The van der Waals surface area contributed by atoms with Crippen LogP contribution in [0, 0.1) is 0 Å². The Bertz CT molecular complexity index is 685. The second kappa shape index (κ2) is 4.65. The van der Waals surface area contributed by atoms with Crippen molar-refractivity contribution in [3.8, 4) is 0 Å². The lowest BCUT2D eigenvalue weighted by Crippen LogP contribution is -2.09. The van der Waals surface area contributed by atoms with Gasteiger partial charge in [-0.3, -0.25) is 0 Å². The SMILES string of the molecule is CNc1ccc(N(C)c2ccc3nc[nH]c3c2)cc1. The van der Waals surface area contributed by atoms with Crippen LogP contribution in [0.3, 0.4) is 0 Å². The van der Waals surface area contributed by atoms with E-state index in [9.17, 15) is 0 Å². The van der Waals surface area contributed by atoms with Gasteiger partial charge in [-0.2, -0.15) is 0 Å². The molecule has 0 unspecified atom stereocenters. The first-order chi connectivity index (χ1) is 9.28. The van der Waals surface area contributed by atoms with E-state index in [4.69, 9.17) is 0 Å². The van der Waals surface area contributed by atoms with Gasteiger partial charge in [-0.05, 0) is 42.5 Å². The Kier molecular flexibility index (Phi) is 2.83. The third-order valence-electron chi connectivity index (χ3n) is 3.33. The van der Waals surface area contributed by atoms with Crippen molar-refractivity contribution in [1.82, 2.24) is 9.97 Å².